The smallest absolute Gasteiger partial charge is 0.227 e. The molecule has 1 aromatic heterocycles. The molecule has 160 valence electrons. The Kier molecular flexibility index (Phi) is 7.29. The minimum Gasteiger partial charge on any atom is -0.493 e. The van der Waals surface area contributed by atoms with E-state index in [1.807, 2.05) is 29.2 Å². The Morgan fingerprint density at radius 2 is 1.65 bits per heavy atom. The van der Waals surface area contributed by atoms with E-state index in [4.69, 9.17) is 4.74 Å². The van der Waals surface area contributed by atoms with Crippen LogP contribution in [0, 0.1) is 0 Å². The van der Waals surface area contributed by atoms with Gasteiger partial charge in [-0.15, -0.1) is 0 Å². The number of amides is 1. The maximum atomic E-state index is 12.5. The number of carbonyl (C=O) groups is 1. The van der Waals surface area contributed by atoms with Crippen LogP contribution < -0.4 is 4.74 Å². The van der Waals surface area contributed by atoms with Crippen molar-refractivity contribution in [2.24, 2.45) is 0 Å². The third kappa shape index (κ3) is 6.40. The fourth-order valence-electron chi connectivity index (χ4n) is 3.87. The van der Waals surface area contributed by atoms with Gasteiger partial charge in [-0.25, -0.2) is 0 Å². The van der Waals surface area contributed by atoms with Crippen molar-refractivity contribution in [1.82, 2.24) is 14.8 Å². The molecule has 0 saturated carbocycles. The summed E-state index contributed by atoms with van der Waals surface area (Å²) in [4.78, 5) is 21.0. The van der Waals surface area contributed by atoms with Gasteiger partial charge in [0.15, 0.2) is 0 Å². The highest BCUT2D eigenvalue weighted by molar-refractivity contribution is 5.78. The number of pyridine rings is 1. The molecule has 2 aromatic carbocycles. The molecule has 0 unspecified atom stereocenters. The fraction of sp³-hybridized carbons (Fsp3) is 0.308. The molecule has 31 heavy (non-hydrogen) atoms. The molecule has 1 aliphatic heterocycles. The molecule has 0 bridgehead atoms. The molecule has 0 atom stereocenters. The van der Waals surface area contributed by atoms with Gasteiger partial charge in [-0.1, -0.05) is 48.5 Å². The average Bonchev–Trinajstić information content (AvgIpc) is 2.81. The molecule has 0 spiro atoms. The van der Waals surface area contributed by atoms with E-state index < -0.39 is 0 Å². The standard InChI is InChI=1S/C26H29N3O2/c30-26(19-23-9-5-12-27-20-23)29-15-13-28(14-16-29)21-24-8-4-10-25(18-24)31-17-11-22-6-2-1-3-7-22/h1-10,12,18,20H,11,13-17,19,21H2. The van der Waals surface area contributed by atoms with E-state index in [1.54, 1.807) is 12.4 Å². The third-order valence-corrected chi connectivity index (χ3v) is 5.61. The van der Waals surface area contributed by atoms with Gasteiger partial charge in [0.1, 0.15) is 5.75 Å². The van der Waals surface area contributed by atoms with Crippen LogP contribution in [-0.2, 0) is 24.2 Å². The van der Waals surface area contributed by atoms with Crippen LogP contribution in [0.3, 0.4) is 0 Å². The Morgan fingerprint density at radius 3 is 2.42 bits per heavy atom. The largest absolute Gasteiger partial charge is 0.493 e. The topological polar surface area (TPSA) is 45.7 Å². The lowest BCUT2D eigenvalue weighted by atomic mass is 10.1. The fourth-order valence-corrected chi connectivity index (χ4v) is 3.87. The zero-order valence-corrected chi connectivity index (χ0v) is 17.8. The minimum absolute atomic E-state index is 0.182. The predicted molar refractivity (Wildman–Crippen MR) is 122 cm³/mol. The number of hydrogen-bond acceptors (Lipinski definition) is 4. The van der Waals surface area contributed by atoms with E-state index in [0.717, 1.165) is 50.5 Å². The second-order valence-electron chi connectivity index (χ2n) is 7.93. The van der Waals surface area contributed by atoms with Gasteiger partial charge in [0, 0.05) is 51.5 Å². The quantitative estimate of drug-likeness (QED) is 0.564. The Hall–Kier alpha value is -3.18. The van der Waals surface area contributed by atoms with Gasteiger partial charge in [0.05, 0.1) is 13.0 Å². The number of nitrogens with zero attached hydrogens (tertiary/aromatic N) is 3. The van der Waals surface area contributed by atoms with Crippen molar-refractivity contribution in [2.45, 2.75) is 19.4 Å². The van der Waals surface area contributed by atoms with Gasteiger partial charge in [0.2, 0.25) is 5.91 Å². The van der Waals surface area contributed by atoms with Crippen LogP contribution in [0.2, 0.25) is 0 Å². The molecule has 5 heteroatoms. The Bertz CT molecular complexity index is 955. The molecular formula is C26H29N3O2. The molecular weight excluding hydrogens is 386 g/mol. The summed E-state index contributed by atoms with van der Waals surface area (Å²) in [5.74, 6) is 1.10. The van der Waals surface area contributed by atoms with Gasteiger partial charge in [-0.2, -0.15) is 0 Å². The lowest BCUT2D eigenvalue weighted by molar-refractivity contribution is -0.132. The normalized spacial score (nSPS) is 14.4. The third-order valence-electron chi connectivity index (χ3n) is 5.61. The Balaban J connectivity index is 1.22. The number of aromatic nitrogens is 1. The summed E-state index contributed by atoms with van der Waals surface area (Å²) in [6.45, 7) is 4.86. The molecule has 1 aliphatic rings. The monoisotopic (exact) mass is 415 g/mol. The van der Waals surface area contributed by atoms with Crippen molar-refractivity contribution in [3.63, 3.8) is 0 Å². The zero-order chi connectivity index (χ0) is 21.3. The summed E-state index contributed by atoms with van der Waals surface area (Å²) in [6, 6.07) is 22.6. The average molecular weight is 416 g/mol. The number of rotatable bonds is 8. The van der Waals surface area contributed by atoms with Crippen molar-refractivity contribution in [2.75, 3.05) is 32.8 Å². The van der Waals surface area contributed by atoms with Crippen LogP contribution in [-0.4, -0.2) is 53.5 Å². The van der Waals surface area contributed by atoms with Crippen LogP contribution in [0.5, 0.6) is 5.75 Å². The molecule has 5 nitrogen and oxygen atoms in total. The zero-order valence-electron chi connectivity index (χ0n) is 17.8. The molecule has 0 aliphatic carbocycles. The molecule has 1 saturated heterocycles. The number of hydrogen-bond donors (Lipinski definition) is 0. The summed E-state index contributed by atoms with van der Waals surface area (Å²) < 4.78 is 5.97. The van der Waals surface area contributed by atoms with E-state index in [2.05, 4.69) is 52.3 Å². The van der Waals surface area contributed by atoms with Crippen molar-refractivity contribution in [1.29, 1.82) is 0 Å². The minimum atomic E-state index is 0.182. The first-order valence-corrected chi connectivity index (χ1v) is 10.9. The number of carbonyl (C=O) groups excluding carboxylic acids is 1. The van der Waals surface area contributed by atoms with E-state index in [0.29, 0.717) is 13.0 Å². The SMILES string of the molecule is O=C(Cc1cccnc1)N1CCN(Cc2cccc(OCCc3ccccc3)c2)CC1. The van der Waals surface area contributed by atoms with Crippen molar-refractivity contribution in [3.8, 4) is 5.75 Å². The lowest BCUT2D eigenvalue weighted by Gasteiger charge is -2.34. The highest BCUT2D eigenvalue weighted by Gasteiger charge is 2.21. The highest BCUT2D eigenvalue weighted by Crippen LogP contribution is 2.17. The second kappa shape index (κ2) is 10.7. The number of ether oxygens (including phenoxy) is 1. The van der Waals surface area contributed by atoms with Crippen LogP contribution in [0.15, 0.2) is 79.1 Å². The molecule has 3 aromatic rings. The number of benzene rings is 2. The first-order valence-electron chi connectivity index (χ1n) is 10.9. The van der Waals surface area contributed by atoms with E-state index in [1.165, 1.54) is 11.1 Å². The maximum absolute atomic E-state index is 12.5. The van der Waals surface area contributed by atoms with Gasteiger partial charge in [0.25, 0.3) is 0 Å². The molecule has 1 amide bonds. The summed E-state index contributed by atoms with van der Waals surface area (Å²) in [5.41, 5.74) is 3.50. The number of piperazine rings is 1. The molecule has 1 fully saturated rings. The van der Waals surface area contributed by atoms with Gasteiger partial charge in [-0.3, -0.25) is 14.7 Å². The molecule has 0 radical (unpaired) electrons. The van der Waals surface area contributed by atoms with Gasteiger partial charge < -0.3 is 9.64 Å². The highest BCUT2D eigenvalue weighted by atomic mass is 16.5. The summed E-state index contributed by atoms with van der Waals surface area (Å²) in [6.07, 6.45) is 4.83. The Morgan fingerprint density at radius 1 is 0.871 bits per heavy atom. The van der Waals surface area contributed by atoms with Crippen molar-refractivity contribution in [3.05, 3.63) is 95.8 Å². The van der Waals surface area contributed by atoms with Crippen molar-refractivity contribution >= 4 is 5.91 Å². The second-order valence-corrected chi connectivity index (χ2v) is 7.93. The Labute approximate surface area is 184 Å². The summed E-state index contributed by atoms with van der Waals surface area (Å²) in [7, 11) is 0. The summed E-state index contributed by atoms with van der Waals surface area (Å²) >= 11 is 0. The molecule has 0 N–H and O–H groups in total. The first-order chi connectivity index (χ1) is 15.3. The molecule has 2 heterocycles. The lowest BCUT2D eigenvalue weighted by Crippen LogP contribution is -2.48. The van der Waals surface area contributed by atoms with Crippen LogP contribution in [0.4, 0.5) is 0 Å². The van der Waals surface area contributed by atoms with Crippen molar-refractivity contribution < 1.29 is 9.53 Å². The predicted octanol–water partition coefficient (Wildman–Crippen LogP) is 3.59. The summed E-state index contributed by atoms with van der Waals surface area (Å²) in [5, 5.41) is 0. The van der Waals surface area contributed by atoms with E-state index in [-0.39, 0.29) is 5.91 Å². The molecule has 4 rings (SSSR count). The van der Waals surface area contributed by atoms with Gasteiger partial charge in [-0.05, 0) is 34.9 Å². The van der Waals surface area contributed by atoms with Crippen LogP contribution in [0.25, 0.3) is 0 Å². The van der Waals surface area contributed by atoms with Crippen LogP contribution in [0.1, 0.15) is 16.7 Å². The maximum Gasteiger partial charge on any atom is 0.227 e. The van der Waals surface area contributed by atoms with Gasteiger partial charge >= 0.3 is 0 Å². The van der Waals surface area contributed by atoms with E-state index in [9.17, 15) is 4.79 Å². The van der Waals surface area contributed by atoms with Crippen LogP contribution >= 0.6 is 0 Å². The van der Waals surface area contributed by atoms with E-state index >= 15 is 0 Å². The first kappa shape index (κ1) is 21.1.